The standard InChI is InChI=1S/C16H23NO/c1-3-17-16(11(2)12-4-5-12)14-6-7-15-13(10-14)8-9-18-15/h6-7,10-12,16-17H,3-5,8-9H2,1-2H3. The summed E-state index contributed by atoms with van der Waals surface area (Å²) in [6.07, 6.45) is 3.90. The first kappa shape index (κ1) is 12.0. The number of benzene rings is 1. The van der Waals surface area contributed by atoms with E-state index in [4.69, 9.17) is 4.74 Å². The van der Waals surface area contributed by atoms with Crippen molar-refractivity contribution in [1.82, 2.24) is 5.32 Å². The van der Waals surface area contributed by atoms with Gasteiger partial charge in [-0.15, -0.1) is 0 Å². The Kier molecular flexibility index (Phi) is 3.29. The van der Waals surface area contributed by atoms with Crippen LogP contribution in [0.15, 0.2) is 18.2 Å². The smallest absolute Gasteiger partial charge is 0.122 e. The lowest BCUT2D eigenvalue weighted by Gasteiger charge is -2.25. The molecule has 2 unspecified atom stereocenters. The zero-order valence-corrected chi connectivity index (χ0v) is 11.4. The van der Waals surface area contributed by atoms with Crippen LogP contribution in [0, 0.1) is 11.8 Å². The van der Waals surface area contributed by atoms with Crippen LogP contribution in [0.1, 0.15) is 43.9 Å². The summed E-state index contributed by atoms with van der Waals surface area (Å²) in [5, 5.41) is 3.67. The van der Waals surface area contributed by atoms with Crippen molar-refractivity contribution < 1.29 is 4.74 Å². The van der Waals surface area contributed by atoms with E-state index in [1.165, 1.54) is 24.0 Å². The van der Waals surface area contributed by atoms with Gasteiger partial charge in [0.2, 0.25) is 0 Å². The van der Waals surface area contributed by atoms with Gasteiger partial charge >= 0.3 is 0 Å². The van der Waals surface area contributed by atoms with Gasteiger partial charge in [-0.05, 0) is 48.4 Å². The van der Waals surface area contributed by atoms with E-state index in [2.05, 4.69) is 37.4 Å². The monoisotopic (exact) mass is 245 g/mol. The molecule has 1 heterocycles. The van der Waals surface area contributed by atoms with Crippen LogP contribution in [0.4, 0.5) is 0 Å². The third-order valence-corrected chi connectivity index (χ3v) is 4.39. The van der Waals surface area contributed by atoms with Crippen molar-refractivity contribution in [2.24, 2.45) is 11.8 Å². The highest BCUT2D eigenvalue weighted by Gasteiger charge is 2.34. The van der Waals surface area contributed by atoms with Gasteiger partial charge in [0.25, 0.3) is 0 Å². The Labute approximate surface area is 110 Å². The van der Waals surface area contributed by atoms with Crippen molar-refractivity contribution in [3.63, 3.8) is 0 Å². The second-order valence-corrected chi connectivity index (χ2v) is 5.70. The molecule has 18 heavy (non-hydrogen) atoms. The molecule has 2 atom stereocenters. The average Bonchev–Trinajstić information content (AvgIpc) is 3.13. The fourth-order valence-electron chi connectivity index (χ4n) is 3.12. The predicted octanol–water partition coefficient (Wildman–Crippen LogP) is 3.32. The molecular weight excluding hydrogens is 222 g/mol. The van der Waals surface area contributed by atoms with Gasteiger partial charge in [-0.2, -0.15) is 0 Å². The van der Waals surface area contributed by atoms with Crippen molar-refractivity contribution in [2.75, 3.05) is 13.2 Å². The van der Waals surface area contributed by atoms with E-state index < -0.39 is 0 Å². The fourth-order valence-corrected chi connectivity index (χ4v) is 3.12. The Morgan fingerprint density at radius 1 is 1.39 bits per heavy atom. The van der Waals surface area contributed by atoms with E-state index in [0.717, 1.165) is 37.2 Å². The van der Waals surface area contributed by atoms with Crippen LogP contribution in [0.2, 0.25) is 0 Å². The maximum absolute atomic E-state index is 5.59. The van der Waals surface area contributed by atoms with Crippen LogP contribution in [0.5, 0.6) is 5.75 Å². The zero-order valence-electron chi connectivity index (χ0n) is 11.4. The molecule has 2 nitrogen and oxygen atoms in total. The number of hydrogen-bond donors (Lipinski definition) is 1. The molecule has 1 N–H and O–H groups in total. The maximum atomic E-state index is 5.59. The molecule has 2 heteroatoms. The fraction of sp³-hybridized carbons (Fsp3) is 0.625. The van der Waals surface area contributed by atoms with E-state index in [1.54, 1.807) is 0 Å². The first-order valence-electron chi connectivity index (χ1n) is 7.28. The van der Waals surface area contributed by atoms with E-state index in [9.17, 15) is 0 Å². The third kappa shape index (κ3) is 2.26. The molecule has 0 spiro atoms. The zero-order chi connectivity index (χ0) is 12.5. The number of fused-ring (bicyclic) bond motifs is 1. The summed E-state index contributed by atoms with van der Waals surface area (Å²) in [5.41, 5.74) is 2.83. The lowest BCUT2D eigenvalue weighted by Crippen LogP contribution is -2.27. The largest absolute Gasteiger partial charge is 0.493 e. The van der Waals surface area contributed by atoms with Gasteiger partial charge in [0.1, 0.15) is 5.75 Å². The van der Waals surface area contributed by atoms with Crippen molar-refractivity contribution >= 4 is 0 Å². The lowest BCUT2D eigenvalue weighted by atomic mass is 9.89. The van der Waals surface area contributed by atoms with Gasteiger partial charge in [-0.3, -0.25) is 0 Å². The lowest BCUT2D eigenvalue weighted by molar-refractivity contribution is 0.352. The van der Waals surface area contributed by atoms with Crippen molar-refractivity contribution in [3.05, 3.63) is 29.3 Å². The maximum Gasteiger partial charge on any atom is 0.122 e. The van der Waals surface area contributed by atoms with Gasteiger partial charge in [0, 0.05) is 12.5 Å². The van der Waals surface area contributed by atoms with Crippen LogP contribution in [0.3, 0.4) is 0 Å². The Morgan fingerprint density at radius 3 is 2.94 bits per heavy atom. The van der Waals surface area contributed by atoms with Gasteiger partial charge in [-0.1, -0.05) is 26.0 Å². The summed E-state index contributed by atoms with van der Waals surface area (Å²) in [5.74, 6) is 2.76. The summed E-state index contributed by atoms with van der Waals surface area (Å²) < 4.78 is 5.59. The van der Waals surface area contributed by atoms with Crippen LogP contribution >= 0.6 is 0 Å². The molecule has 0 bridgehead atoms. The molecule has 3 rings (SSSR count). The molecule has 1 aliphatic carbocycles. The molecule has 2 aliphatic rings. The van der Waals surface area contributed by atoms with Crippen LogP contribution < -0.4 is 10.1 Å². The highest BCUT2D eigenvalue weighted by molar-refractivity contribution is 5.41. The first-order chi connectivity index (χ1) is 8.79. The molecule has 1 aromatic carbocycles. The average molecular weight is 245 g/mol. The van der Waals surface area contributed by atoms with Gasteiger partial charge in [-0.25, -0.2) is 0 Å². The van der Waals surface area contributed by atoms with Crippen LogP contribution in [-0.2, 0) is 6.42 Å². The highest BCUT2D eigenvalue weighted by atomic mass is 16.5. The van der Waals surface area contributed by atoms with Crippen LogP contribution in [-0.4, -0.2) is 13.2 Å². The second kappa shape index (κ2) is 4.93. The Balaban J connectivity index is 1.84. The molecule has 98 valence electrons. The number of hydrogen-bond acceptors (Lipinski definition) is 2. The molecule has 1 aromatic rings. The molecule has 0 aromatic heterocycles. The second-order valence-electron chi connectivity index (χ2n) is 5.70. The van der Waals surface area contributed by atoms with Gasteiger partial charge < -0.3 is 10.1 Å². The third-order valence-electron chi connectivity index (χ3n) is 4.39. The quantitative estimate of drug-likeness (QED) is 0.859. The topological polar surface area (TPSA) is 21.3 Å². The summed E-state index contributed by atoms with van der Waals surface area (Å²) >= 11 is 0. The molecular formula is C16H23NO. The van der Waals surface area contributed by atoms with E-state index in [-0.39, 0.29) is 0 Å². The molecule has 0 radical (unpaired) electrons. The Morgan fingerprint density at radius 2 is 2.22 bits per heavy atom. The van der Waals surface area contributed by atoms with Crippen molar-refractivity contribution in [2.45, 2.75) is 39.2 Å². The molecule has 1 saturated carbocycles. The Bertz CT molecular complexity index is 425. The minimum atomic E-state index is 0.508. The highest BCUT2D eigenvalue weighted by Crippen LogP contribution is 2.43. The predicted molar refractivity (Wildman–Crippen MR) is 73.9 cm³/mol. The van der Waals surface area contributed by atoms with E-state index >= 15 is 0 Å². The van der Waals surface area contributed by atoms with Crippen LogP contribution in [0.25, 0.3) is 0 Å². The van der Waals surface area contributed by atoms with Gasteiger partial charge in [0.05, 0.1) is 6.61 Å². The summed E-state index contributed by atoms with van der Waals surface area (Å²) in [6, 6.07) is 7.26. The Hall–Kier alpha value is -1.02. The van der Waals surface area contributed by atoms with Crippen molar-refractivity contribution in [3.8, 4) is 5.75 Å². The van der Waals surface area contributed by atoms with E-state index in [0.29, 0.717) is 6.04 Å². The number of nitrogens with one attached hydrogen (secondary N) is 1. The number of rotatable bonds is 5. The van der Waals surface area contributed by atoms with E-state index in [1.807, 2.05) is 0 Å². The first-order valence-corrected chi connectivity index (χ1v) is 7.28. The molecule has 0 amide bonds. The summed E-state index contributed by atoms with van der Waals surface area (Å²) in [6.45, 7) is 6.48. The normalized spacial score (nSPS) is 21.2. The summed E-state index contributed by atoms with van der Waals surface area (Å²) in [4.78, 5) is 0. The molecule has 1 aliphatic heterocycles. The number of ether oxygens (including phenoxy) is 1. The minimum absolute atomic E-state index is 0.508. The molecule has 1 fully saturated rings. The SMILES string of the molecule is CCNC(c1ccc2c(c1)CCO2)C(C)C1CC1. The summed E-state index contributed by atoms with van der Waals surface area (Å²) in [7, 11) is 0. The minimum Gasteiger partial charge on any atom is -0.493 e. The molecule has 0 saturated heterocycles. The van der Waals surface area contributed by atoms with Crippen molar-refractivity contribution in [1.29, 1.82) is 0 Å². The van der Waals surface area contributed by atoms with Gasteiger partial charge in [0.15, 0.2) is 0 Å².